The molecular weight excluding hydrogens is 345 g/mol. The molecule has 0 unspecified atom stereocenters. The fourth-order valence-electron chi connectivity index (χ4n) is 5.10. The normalized spacial score (nSPS) is 25.6. The van der Waals surface area contributed by atoms with Crippen molar-refractivity contribution in [2.75, 3.05) is 13.1 Å². The number of nitrogens with one attached hydrogen (secondary N) is 1. The Morgan fingerprint density at radius 2 is 2.04 bits per heavy atom. The minimum Gasteiger partial charge on any atom is -0.350 e. The lowest BCUT2D eigenvalue weighted by atomic mass is 9.76. The van der Waals surface area contributed by atoms with Gasteiger partial charge in [0.1, 0.15) is 11.5 Å². The molecule has 2 fully saturated rings. The molecule has 144 valence electrons. The molecule has 4 rings (SSSR count). The number of carbonyl (C=O) groups is 2. The summed E-state index contributed by atoms with van der Waals surface area (Å²) in [5.41, 5.74) is 1.70. The summed E-state index contributed by atoms with van der Waals surface area (Å²) in [4.78, 5) is 32.7. The number of nitrogens with zero attached hydrogens (tertiary/aromatic N) is 2. The zero-order valence-corrected chi connectivity index (χ0v) is 16.1. The van der Waals surface area contributed by atoms with Gasteiger partial charge < -0.3 is 14.8 Å². The first kappa shape index (κ1) is 18.0. The summed E-state index contributed by atoms with van der Waals surface area (Å²) in [5, 5.41) is 0.742. The van der Waals surface area contributed by atoms with Crippen molar-refractivity contribution in [1.82, 2.24) is 14.8 Å². The van der Waals surface area contributed by atoms with E-state index in [0.717, 1.165) is 48.7 Å². The van der Waals surface area contributed by atoms with Crippen molar-refractivity contribution in [3.63, 3.8) is 0 Å². The van der Waals surface area contributed by atoms with Crippen molar-refractivity contribution in [2.24, 2.45) is 0 Å². The zero-order valence-electron chi connectivity index (χ0n) is 16.1. The third-order valence-corrected chi connectivity index (χ3v) is 6.54. The summed E-state index contributed by atoms with van der Waals surface area (Å²) in [5.74, 6) is -0.280. The molecule has 3 heterocycles. The molecule has 2 atom stereocenters. The van der Waals surface area contributed by atoms with E-state index < -0.39 is 0 Å². The molecule has 1 N–H and O–H groups in total. The number of fused-ring (bicyclic) bond motifs is 2. The number of likely N-dealkylation sites (tertiary alicyclic amines) is 2. The Hall–Kier alpha value is -2.37. The molecule has 0 aliphatic carbocycles. The lowest BCUT2D eigenvalue weighted by Gasteiger charge is -2.56. The molecule has 0 saturated carbocycles. The van der Waals surface area contributed by atoms with Crippen LogP contribution in [0.1, 0.15) is 55.6 Å². The minimum atomic E-state index is -0.367. The monoisotopic (exact) mass is 371 g/mol. The Morgan fingerprint density at radius 3 is 2.78 bits per heavy atom. The molecule has 5 nitrogen and oxygen atoms in total. The molecule has 0 spiro atoms. The topological polar surface area (TPSA) is 56.4 Å². The number of halogens is 1. The van der Waals surface area contributed by atoms with E-state index in [2.05, 4.69) is 11.9 Å². The third-order valence-electron chi connectivity index (χ3n) is 6.54. The number of benzene rings is 1. The number of hydrogen-bond donors (Lipinski definition) is 1. The van der Waals surface area contributed by atoms with Crippen molar-refractivity contribution in [2.45, 2.75) is 58.0 Å². The number of carbonyl (C=O) groups excluding carboxylic acids is 2. The lowest BCUT2D eigenvalue weighted by Crippen LogP contribution is -2.68. The maximum atomic E-state index is 13.6. The summed E-state index contributed by atoms with van der Waals surface area (Å²) < 4.78 is 13.6. The molecule has 1 aromatic carbocycles. The van der Waals surface area contributed by atoms with Crippen LogP contribution in [0.2, 0.25) is 0 Å². The number of aryl methyl sites for hydroxylation is 1. The highest BCUT2D eigenvalue weighted by Crippen LogP contribution is 2.40. The van der Waals surface area contributed by atoms with E-state index in [1.165, 1.54) is 12.1 Å². The average Bonchev–Trinajstić information content (AvgIpc) is 2.96. The Labute approximate surface area is 158 Å². The molecule has 2 aromatic rings. The third kappa shape index (κ3) is 2.73. The minimum absolute atomic E-state index is 0.0540. The second kappa shape index (κ2) is 6.36. The first-order valence-electron chi connectivity index (χ1n) is 9.70. The standard InChI is InChI=1S/C21H26FN3O2/c1-13-16-12-15(22)7-8-17(16)23-19(13)20(27)25-11-4-6-18-21(25,3)9-5-10-24(18)14(2)26/h7-8,12,18,23H,4-6,9-11H2,1-3H3/t18-,21-/m0/s1. The highest BCUT2D eigenvalue weighted by atomic mass is 19.1. The van der Waals surface area contributed by atoms with Crippen molar-refractivity contribution in [3.05, 3.63) is 35.3 Å². The molecule has 0 bridgehead atoms. The molecule has 2 saturated heterocycles. The predicted octanol–water partition coefficient (Wildman–Crippen LogP) is 3.62. The van der Waals surface area contributed by atoms with Crippen LogP contribution in [0.15, 0.2) is 18.2 Å². The van der Waals surface area contributed by atoms with Crippen LogP contribution < -0.4 is 0 Å². The van der Waals surface area contributed by atoms with Crippen LogP contribution in [0.4, 0.5) is 4.39 Å². The molecule has 2 amide bonds. The molecule has 27 heavy (non-hydrogen) atoms. The second-order valence-electron chi connectivity index (χ2n) is 8.10. The van der Waals surface area contributed by atoms with E-state index in [-0.39, 0.29) is 29.2 Å². The van der Waals surface area contributed by atoms with Gasteiger partial charge in [0.2, 0.25) is 5.91 Å². The number of H-pyrrole nitrogens is 1. The first-order chi connectivity index (χ1) is 12.8. The maximum Gasteiger partial charge on any atom is 0.271 e. The number of aromatic nitrogens is 1. The van der Waals surface area contributed by atoms with Gasteiger partial charge >= 0.3 is 0 Å². The van der Waals surface area contributed by atoms with Crippen molar-refractivity contribution in [3.8, 4) is 0 Å². The summed E-state index contributed by atoms with van der Waals surface area (Å²) in [6, 6.07) is 4.60. The van der Waals surface area contributed by atoms with Crippen LogP contribution in [0.3, 0.4) is 0 Å². The van der Waals surface area contributed by atoms with Gasteiger partial charge in [-0.25, -0.2) is 4.39 Å². The van der Waals surface area contributed by atoms with Gasteiger partial charge in [-0.2, -0.15) is 0 Å². The Morgan fingerprint density at radius 1 is 1.26 bits per heavy atom. The van der Waals surface area contributed by atoms with E-state index in [4.69, 9.17) is 0 Å². The number of amides is 2. The van der Waals surface area contributed by atoms with Gasteiger partial charge in [-0.05, 0) is 63.3 Å². The van der Waals surface area contributed by atoms with Gasteiger partial charge in [0.05, 0.1) is 11.6 Å². The summed E-state index contributed by atoms with van der Waals surface area (Å²) in [7, 11) is 0. The average molecular weight is 371 g/mol. The fourth-order valence-corrected chi connectivity index (χ4v) is 5.10. The molecule has 2 aliphatic heterocycles. The van der Waals surface area contributed by atoms with Gasteiger partial charge in [0.15, 0.2) is 0 Å². The van der Waals surface area contributed by atoms with Crippen LogP contribution >= 0.6 is 0 Å². The van der Waals surface area contributed by atoms with Gasteiger partial charge in [-0.3, -0.25) is 9.59 Å². The summed E-state index contributed by atoms with van der Waals surface area (Å²) >= 11 is 0. The Balaban J connectivity index is 1.73. The van der Waals surface area contributed by atoms with Crippen LogP contribution in [-0.4, -0.2) is 51.3 Å². The van der Waals surface area contributed by atoms with E-state index in [9.17, 15) is 14.0 Å². The van der Waals surface area contributed by atoms with Crippen molar-refractivity contribution >= 4 is 22.7 Å². The summed E-state index contributed by atoms with van der Waals surface area (Å²) in [6.45, 7) is 7.03. The first-order valence-corrected chi connectivity index (χ1v) is 9.70. The number of rotatable bonds is 1. The number of piperidine rings is 2. The predicted molar refractivity (Wildman–Crippen MR) is 102 cm³/mol. The molecular formula is C21H26FN3O2. The lowest BCUT2D eigenvalue weighted by molar-refractivity contribution is -0.140. The Kier molecular flexibility index (Phi) is 4.24. The largest absolute Gasteiger partial charge is 0.350 e. The van der Waals surface area contributed by atoms with Crippen LogP contribution in [0.5, 0.6) is 0 Å². The molecule has 0 radical (unpaired) electrons. The Bertz CT molecular complexity index is 922. The molecule has 2 aliphatic rings. The SMILES string of the molecule is CC(=O)N1CCC[C@@]2(C)[C@@H]1CCCN2C(=O)c1[nH]c2ccc(F)cc2c1C. The highest BCUT2D eigenvalue weighted by molar-refractivity contribution is 6.01. The van der Waals surface area contributed by atoms with E-state index in [0.29, 0.717) is 12.2 Å². The second-order valence-corrected chi connectivity index (χ2v) is 8.10. The number of aromatic amines is 1. The van der Waals surface area contributed by atoms with Gasteiger partial charge in [0.25, 0.3) is 5.91 Å². The molecule has 6 heteroatoms. The maximum absolute atomic E-state index is 13.6. The molecule has 1 aromatic heterocycles. The van der Waals surface area contributed by atoms with Gasteiger partial charge in [-0.1, -0.05) is 0 Å². The smallest absolute Gasteiger partial charge is 0.271 e. The van der Waals surface area contributed by atoms with E-state index in [1.807, 2.05) is 16.7 Å². The van der Waals surface area contributed by atoms with E-state index >= 15 is 0 Å². The van der Waals surface area contributed by atoms with Crippen LogP contribution in [0.25, 0.3) is 10.9 Å². The van der Waals surface area contributed by atoms with Gasteiger partial charge in [0, 0.05) is 30.9 Å². The fraction of sp³-hybridized carbons (Fsp3) is 0.524. The van der Waals surface area contributed by atoms with Gasteiger partial charge in [-0.15, -0.1) is 0 Å². The van der Waals surface area contributed by atoms with Crippen molar-refractivity contribution < 1.29 is 14.0 Å². The number of hydrogen-bond acceptors (Lipinski definition) is 2. The van der Waals surface area contributed by atoms with Crippen LogP contribution in [-0.2, 0) is 4.79 Å². The van der Waals surface area contributed by atoms with Crippen LogP contribution in [0, 0.1) is 12.7 Å². The summed E-state index contributed by atoms with van der Waals surface area (Å²) in [6.07, 6.45) is 3.59. The van der Waals surface area contributed by atoms with Crippen molar-refractivity contribution in [1.29, 1.82) is 0 Å². The highest BCUT2D eigenvalue weighted by Gasteiger charge is 2.50. The zero-order chi connectivity index (χ0) is 19.3. The van der Waals surface area contributed by atoms with E-state index in [1.54, 1.807) is 13.0 Å². The quantitative estimate of drug-likeness (QED) is 0.832.